The van der Waals surface area contributed by atoms with Gasteiger partial charge in [0, 0.05) is 6.54 Å². The maximum absolute atomic E-state index is 12.3. The number of hydrogen-bond donors (Lipinski definition) is 1. The summed E-state index contributed by atoms with van der Waals surface area (Å²) < 4.78 is 29.1. The zero-order valence-corrected chi connectivity index (χ0v) is 14.8. The normalized spacial score (nSPS) is 36.9. The summed E-state index contributed by atoms with van der Waals surface area (Å²) in [5, 5.41) is 2.92. The molecule has 0 unspecified atom stereocenters. The molecular formula is C16H30NO4P. The van der Waals surface area contributed by atoms with Crippen LogP contribution in [0.3, 0.4) is 0 Å². The van der Waals surface area contributed by atoms with Gasteiger partial charge in [-0.2, -0.15) is 0 Å². The van der Waals surface area contributed by atoms with Gasteiger partial charge in [-0.15, -0.1) is 0 Å². The highest BCUT2D eigenvalue weighted by Crippen LogP contribution is 2.57. The lowest BCUT2D eigenvalue weighted by Gasteiger charge is -2.56. The first-order chi connectivity index (χ1) is 10.6. The van der Waals surface area contributed by atoms with Crippen molar-refractivity contribution in [3.63, 3.8) is 0 Å². The Morgan fingerprint density at radius 1 is 1.00 bits per heavy atom. The summed E-state index contributed by atoms with van der Waals surface area (Å²) in [6, 6.07) is 0. The molecule has 0 aromatic carbocycles. The molecule has 22 heavy (non-hydrogen) atoms. The molecule has 0 aliphatic heterocycles. The van der Waals surface area contributed by atoms with E-state index in [4.69, 9.17) is 13.8 Å². The third-order valence-corrected chi connectivity index (χ3v) is 7.20. The fraction of sp³-hybridized carbons (Fsp3) is 1.00. The van der Waals surface area contributed by atoms with Gasteiger partial charge < -0.3 is 4.74 Å². The molecule has 0 spiro atoms. The molecule has 4 aliphatic rings. The summed E-state index contributed by atoms with van der Waals surface area (Å²) in [7, 11) is -3.15. The number of ether oxygens (including phenoxy) is 1. The summed E-state index contributed by atoms with van der Waals surface area (Å²) >= 11 is 0. The third-order valence-electron chi connectivity index (χ3n) is 5.40. The van der Waals surface area contributed by atoms with E-state index in [1.165, 1.54) is 38.5 Å². The number of nitrogens with one attached hydrogen (secondary N) is 1. The molecule has 4 aliphatic carbocycles. The van der Waals surface area contributed by atoms with Crippen molar-refractivity contribution in [1.29, 1.82) is 0 Å². The molecule has 1 N–H and O–H groups in total. The number of hydrogen-bond acceptors (Lipinski definition) is 4. The van der Waals surface area contributed by atoms with Gasteiger partial charge >= 0.3 is 7.75 Å². The molecule has 0 atom stereocenters. The quantitative estimate of drug-likeness (QED) is 0.515. The van der Waals surface area contributed by atoms with Gasteiger partial charge in [-0.05, 0) is 70.1 Å². The fourth-order valence-electron chi connectivity index (χ4n) is 5.13. The lowest BCUT2D eigenvalue weighted by Crippen LogP contribution is -2.52. The van der Waals surface area contributed by atoms with Crippen LogP contribution < -0.4 is 5.09 Å². The van der Waals surface area contributed by atoms with Gasteiger partial charge in [-0.1, -0.05) is 0 Å². The minimum Gasteiger partial charge on any atom is -0.374 e. The highest BCUT2D eigenvalue weighted by molar-refractivity contribution is 7.51. The topological polar surface area (TPSA) is 56.8 Å². The van der Waals surface area contributed by atoms with Crippen LogP contribution in [0.15, 0.2) is 0 Å². The Hall–Kier alpha value is 0.0700. The van der Waals surface area contributed by atoms with E-state index in [1.807, 2.05) is 13.8 Å². The van der Waals surface area contributed by atoms with Crippen LogP contribution in [0, 0.1) is 17.8 Å². The average Bonchev–Trinajstić information content (AvgIpc) is 2.43. The standard InChI is InChI=1S/C16H30NO4P/c1-3-20-22(18,21-4-2)17-5-6-19-16-10-13-7-14(11-16)9-15(8-13)12-16/h13-15H,3-12H2,1-2H3,(H,17,18). The average molecular weight is 331 g/mol. The highest BCUT2D eigenvalue weighted by atomic mass is 31.2. The van der Waals surface area contributed by atoms with Gasteiger partial charge in [-0.25, -0.2) is 9.65 Å². The molecule has 0 saturated heterocycles. The molecular weight excluding hydrogens is 301 g/mol. The van der Waals surface area contributed by atoms with Crippen LogP contribution in [0.4, 0.5) is 0 Å². The Labute approximate surface area is 134 Å². The molecule has 4 bridgehead atoms. The Morgan fingerprint density at radius 2 is 1.50 bits per heavy atom. The summed E-state index contributed by atoms with van der Waals surface area (Å²) in [6.07, 6.45) is 7.95. The first-order valence-corrected chi connectivity index (χ1v) is 10.4. The zero-order valence-electron chi connectivity index (χ0n) is 13.9. The Balaban J connectivity index is 1.46. The predicted molar refractivity (Wildman–Crippen MR) is 85.7 cm³/mol. The Bertz CT molecular complexity index is 383. The molecule has 0 amide bonds. The van der Waals surface area contributed by atoms with E-state index in [9.17, 15) is 4.57 Å². The maximum Gasteiger partial charge on any atom is 0.405 e. The summed E-state index contributed by atoms with van der Waals surface area (Å²) in [5.74, 6) is 2.66. The molecule has 4 fully saturated rings. The van der Waals surface area contributed by atoms with Gasteiger partial charge in [0.1, 0.15) is 0 Å². The summed E-state index contributed by atoms with van der Waals surface area (Å²) in [5.41, 5.74) is 0.109. The molecule has 6 heteroatoms. The smallest absolute Gasteiger partial charge is 0.374 e. The second kappa shape index (κ2) is 6.90. The van der Waals surface area contributed by atoms with Crippen molar-refractivity contribution in [2.75, 3.05) is 26.4 Å². The van der Waals surface area contributed by atoms with E-state index < -0.39 is 7.75 Å². The lowest BCUT2D eigenvalue weighted by atomic mass is 9.54. The van der Waals surface area contributed by atoms with Crippen molar-refractivity contribution in [3.05, 3.63) is 0 Å². The van der Waals surface area contributed by atoms with Crippen LogP contribution in [0.1, 0.15) is 52.4 Å². The molecule has 0 radical (unpaired) electrons. The number of rotatable bonds is 9. The molecule has 4 saturated carbocycles. The highest BCUT2D eigenvalue weighted by Gasteiger charge is 2.51. The van der Waals surface area contributed by atoms with Crippen LogP contribution in [-0.2, 0) is 18.3 Å². The third kappa shape index (κ3) is 3.76. The largest absolute Gasteiger partial charge is 0.405 e. The van der Waals surface area contributed by atoms with E-state index in [0.29, 0.717) is 26.4 Å². The molecule has 5 nitrogen and oxygen atoms in total. The molecule has 4 rings (SSSR count). The van der Waals surface area contributed by atoms with Gasteiger partial charge in [-0.3, -0.25) is 9.05 Å². The lowest BCUT2D eigenvalue weighted by molar-refractivity contribution is -0.160. The van der Waals surface area contributed by atoms with Crippen molar-refractivity contribution in [3.8, 4) is 0 Å². The van der Waals surface area contributed by atoms with Gasteiger partial charge in [0.15, 0.2) is 0 Å². The van der Waals surface area contributed by atoms with Crippen molar-refractivity contribution >= 4 is 7.75 Å². The van der Waals surface area contributed by atoms with Crippen LogP contribution in [-0.4, -0.2) is 32.0 Å². The SMILES string of the molecule is CCOP(=O)(NCCOC12CC3CC(CC(C3)C1)C2)OCC. The second-order valence-corrected chi connectivity index (χ2v) is 9.02. The van der Waals surface area contributed by atoms with E-state index in [-0.39, 0.29) is 5.60 Å². The van der Waals surface area contributed by atoms with Crippen molar-refractivity contribution in [1.82, 2.24) is 5.09 Å². The van der Waals surface area contributed by atoms with Crippen molar-refractivity contribution < 1.29 is 18.3 Å². The van der Waals surface area contributed by atoms with Crippen molar-refractivity contribution in [2.24, 2.45) is 17.8 Å². The van der Waals surface area contributed by atoms with Crippen LogP contribution in [0.25, 0.3) is 0 Å². The molecule has 0 heterocycles. The zero-order chi connectivity index (χ0) is 15.6. The molecule has 0 aromatic heterocycles. The first kappa shape index (κ1) is 16.9. The van der Waals surface area contributed by atoms with E-state index in [2.05, 4.69) is 5.09 Å². The van der Waals surface area contributed by atoms with Crippen LogP contribution in [0.5, 0.6) is 0 Å². The fourth-order valence-corrected chi connectivity index (χ4v) is 6.43. The van der Waals surface area contributed by atoms with Gasteiger partial charge in [0.05, 0.1) is 25.4 Å². The first-order valence-electron chi connectivity index (χ1n) is 8.84. The molecule has 128 valence electrons. The van der Waals surface area contributed by atoms with Crippen LogP contribution >= 0.6 is 7.75 Å². The summed E-state index contributed by atoms with van der Waals surface area (Å²) in [4.78, 5) is 0. The van der Waals surface area contributed by atoms with Gasteiger partial charge in [0.2, 0.25) is 0 Å². The predicted octanol–water partition coefficient (Wildman–Crippen LogP) is 3.74. The maximum atomic E-state index is 12.3. The van der Waals surface area contributed by atoms with E-state index in [0.717, 1.165) is 17.8 Å². The molecule has 0 aromatic rings. The monoisotopic (exact) mass is 331 g/mol. The van der Waals surface area contributed by atoms with Crippen LogP contribution in [0.2, 0.25) is 0 Å². The summed E-state index contributed by atoms with van der Waals surface area (Å²) in [6.45, 7) is 5.48. The van der Waals surface area contributed by atoms with E-state index >= 15 is 0 Å². The Kier molecular flexibility index (Phi) is 5.30. The minimum atomic E-state index is -3.15. The van der Waals surface area contributed by atoms with Crippen molar-refractivity contribution in [2.45, 2.75) is 58.0 Å². The van der Waals surface area contributed by atoms with Gasteiger partial charge in [0.25, 0.3) is 0 Å². The van der Waals surface area contributed by atoms with E-state index in [1.54, 1.807) is 0 Å². The minimum absolute atomic E-state index is 0.109. The second-order valence-electron chi connectivity index (χ2n) is 7.19. The Morgan fingerprint density at radius 3 is 1.95 bits per heavy atom.